The fourth-order valence-electron chi connectivity index (χ4n) is 3.09. The topological polar surface area (TPSA) is 43.0 Å². The summed E-state index contributed by atoms with van der Waals surface area (Å²) in [7, 11) is 0. The van der Waals surface area contributed by atoms with Gasteiger partial charge in [-0.3, -0.25) is 0 Å². The minimum Gasteiger partial charge on any atom is -0.454 e. The summed E-state index contributed by atoms with van der Waals surface area (Å²) in [6, 6.07) is 10.2. The van der Waals surface area contributed by atoms with Crippen molar-refractivity contribution in [3.63, 3.8) is 0 Å². The van der Waals surface area contributed by atoms with E-state index in [0.717, 1.165) is 41.9 Å². The summed E-state index contributed by atoms with van der Waals surface area (Å²) >= 11 is 0. The smallest absolute Gasteiger partial charge is 0.156 e. The normalized spacial score (nSPS) is 14.7. The molecule has 108 valence electrons. The van der Waals surface area contributed by atoms with E-state index in [-0.39, 0.29) is 0 Å². The molecule has 0 spiro atoms. The summed E-state index contributed by atoms with van der Waals surface area (Å²) in [5, 5.41) is 9.44. The van der Waals surface area contributed by atoms with E-state index in [1.807, 2.05) is 18.2 Å². The van der Waals surface area contributed by atoms with E-state index in [4.69, 9.17) is 9.52 Å². The molecule has 3 heterocycles. The van der Waals surface area contributed by atoms with Crippen LogP contribution in [0, 0.1) is 0 Å². The van der Waals surface area contributed by atoms with E-state index in [1.54, 1.807) is 0 Å². The van der Waals surface area contributed by atoms with Crippen LogP contribution in [0.4, 0.5) is 5.82 Å². The molecule has 1 aromatic carbocycles. The number of nitrogens with zero attached hydrogens (tertiary/aromatic N) is 2. The predicted molar refractivity (Wildman–Crippen MR) is 84.5 cm³/mol. The van der Waals surface area contributed by atoms with Gasteiger partial charge in [-0.05, 0) is 38.3 Å². The van der Waals surface area contributed by atoms with Gasteiger partial charge >= 0.3 is 0 Å². The minimum absolute atomic E-state index is 0.871. The van der Waals surface area contributed by atoms with Crippen LogP contribution in [-0.2, 0) is 13.0 Å². The molecule has 0 saturated heterocycles. The maximum Gasteiger partial charge on any atom is 0.156 e. The molecule has 1 aliphatic heterocycles. The molecule has 0 atom stereocenters. The highest BCUT2D eigenvalue weighted by Gasteiger charge is 2.22. The van der Waals surface area contributed by atoms with Crippen molar-refractivity contribution in [3.8, 4) is 11.5 Å². The highest BCUT2D eigenvalue weighted by atomic mass is 16.3. The Bertz CT molecular complexity index is 752. The molecule has 0 unspecified atom stereocenters. The molecule has 0 radical (unpaired) electrons. The number of rotatable bonds is 2. The molecule has 2 aromatic heterocycles. The average molecular weight is 281 g/mol. The first kappa shape index (κ1) is 12.5. The highest BCUT2D eigenvalue weighted by Crippen LogP contribution is 2.34. The molecule has 0 bridgehead atoms. The molecule has 0 saturated carbocycles. The Kier molecular flexibility index (Phi) is 2.95. The number of hydrogen-bond donors (Lipinski definition) is 1. The van der Waals surface area contributed by atoms with Crippen LogP contribution in [0.1, 0.15) is 25.3 Å². The number of furan rings is 1. The van der Waals surface area contributed by atoms with Gasteiger partial charge in [0.05, 0.1) is 0 Å². The van der Waals surface area contributed by atoms with E-state index in [9.17, 15) is 0 Å². The number of aryl methyl sites for hydroxylation is 1. The fourth-order valence-corrected chi connectivity index (χ4v) is 3.09. The van der Waals surface area contributed by atoms with Gasteiger partial charge in [-0.2, -0.15) is 5.10 Å². The lowest BCUT2D eigenvalue weighted by Crippen LogP contribution is -2.07. The molecular weight excluding hydrogens is 262 g/mol. The van der Waals surface area contributed by atoms with Crippen LogP contribution in [0.2, 0.25) is 0 Å². The number of fused-ring (bicyclic) bond motifs is 2. The highest BCUT2D eigenvalue weighted by molar-refractivity contribution is 5.83. The van der Waals surface area contributed by atoms with Crippen LogP contribution in [-0.4, -0.2) is 16.3 Å². The van der Waals surface area contributed by atoms with Crippen LogP contribution in [0.25, 0.3) is 22.4 Å². The van der Waals surface area contributed by atoms with Crippen LogP contribution < -0.4 is 5.32 Å². The van der Waals surface area contributed by atoms with Crippen molar-refractivity contribution in [1.29, 1.82) is 0 Å². The maximum atomic E-state index is 6.02. The van der Waals surface area contributed by atoms with Gasteiger partial charge in [0.1, 0.15) is 17.1 Å². The molecular formula is C17H19N3O. The summed E-state index contributed by atoms with van der Waals surface area (Å²) in [5.41, 5.74) is 3.22. The second-order valence-corrected chi connectivity index (χ2v) is 5.52. The first-order valence-electron chi connectivity index (χ1n) is 7.69. The Labute approximate surface area is 123 Å². The van der Waals surface area contributed by atoms with Crippen LogP contribution in [0.15, 0.2) is 34.7 Å². The predicted octanol–water partition coefficient (Wildman–Crippen LogP) is 4.06. The summed E-state index contributed by atoms with van der Waals surface area (Å²) in [5.74, 6) is 2.05. The van der Waals surface area contributed by atoms with Crippen molar-refractivity contribution in [2.75, 3.05) is 11.9 Å². The van der Waals surface area contributed by atoms with E-state index in [0.29, 0.717) is 0 Å². The van der Waals surface area contributed by atoms with Crippen molar-refractivity contribution in [1.82, 2.24) is 9.78 Å². The summed E-state index contributed by atoms with van der Waals surface area (Å²) in [4.78, 5) is 0. The minimum atomic E-state index is 0.871. The second kappa shape index (κ2) is 4.95. The van der Waals surface area contributed by atoms with Gasteiger partial charge in [0.25, 0.3) is 0 Å². The molecule has 3 aromatic rings. The van der Waals surface area contributed by atoms with Gasteiger partial charge in [0.2, 0.25) is 0 Å². The monoisotopic (exact) mass is 281 g/mol. The summed E-state index contributed by atoms with van der Waals surface area (Å²) < 4.78 is 8.07. The molecule has 4 nitrogen and oxygen atoms in total. The Hall–Kier alpha value is -2.23. The standard InChI is InChI=1S/C17H19N3O/c1-2-20-17-13(8-5-6-10-18-17)16(19-20)15-11-12-7-3-4-9-14(12)21-15/h3-4,7,9,11,18H,2,5-6,8,10H2,1H3. The lowest BCUT2D eigenvalue weighted by molar-refractivity contribution is 0.616. The molecule has 0 fully saturated rings. The van der Waals surface area contributed by atoms with Crippen LogP contribution in [0.3, 0.4) is 0 Å². The van der Waals surface area contributed by atoms with Crippen molar-refractivity contribution in [3.05, 3.63) is 35.9 Å². The Morgan fingerprint density at radius 1 is 1.29 bits per heavy atom. The van der Waals surface area contributed by atoms with Gasteiger partial charge in [0, 0.05) is 24.0 Å². The van der Waals surface area contributed by atoms with E-state index in [1.165, 1.54) is 24.2 Å². The zero-order valence-electron chi connectivity index (χ0n) is 12.2. The number of para-hydroxylation sites is 1. The van der Waals surface area contributed by atoms with E-state index in [2.05, 4.69) is 29.1 Å². The number of aromatic nitrogens is 2. The van der Waals surface area contributed by atoms with Gasteiger partial charge in [-0.1, -0.05) is 18.2 Å². The number of nitrogens with one attached hydrogen (secondary N) is 1. The third-order valence-electron chi connectivity index (χ3n) is 4.15. The largest absolute Gasteiger partial charge is 0.454 e. The molecule has 4 heteroatoms. The fraction of sp³-hybridized carbons (Fsp3) is 0.353. The lowest BCUT2D eigenvalue weighted by atomic mass is 10.1. The molecule has 1 N–H and O–H groups in total. The molecule has 1 aliphatic rings. The Balaban J connectivity index is 1.89. The molecule has 21 heavy (non-hydrogen) atoms. The quantitative estimate of drug-likeness (QED) is 0.770. The maximum absolute atomic E-state index is 6.02. The van der Waals surface area contributed by atoms with Gasteiger partial charge in [-0.25, -0.2) is 4.68 Å². The Morgan fingerprint density at radius 3 is 3.05 bits per heavy atom. The first-order chi connectivity index (χ1) is 10.4. The van der Waals surface area contributed by atoms with E-state index >= 15 is 0 Å². The van der Waals surface area contributed by atoms with Gasteiger partial charge < -0.3 is 9.73 Å². The van der Waals surface area contributed by atoms with Crippen molar-refractivity contribution < 1.29 is 4.42 Å². The van der Waals surface area contributed by atoms with Gasteiger partial charge in [0.15, 0.2) is 5.76 Å². The van der Waals surface area contributed by atoms with E-state index < -0.39 is 0 Å². The number of hydrogen-bond acceptors (Lipinski definition) is 3. The molecule has 0 amide bonds. The van der Waals surface area contributed by atoms with Gasteiger partial charge in [-0.15, -0.1) is 0 Å². The average Bonchev–Trinajstić information content (AvgIpc) is 3.00. The SMILES string of the molecule is CCn1nc(-c2cc3ccccc3o2)c2c1NCCCC2. The zero-order valence-corrected chi connectivity index (χ0v) is 12.2. The number of anilines is 1. The summed E-state index contributed by atoms with van der Waals surface area (Å²) in [6.07, 6.45) is 3.47. The number of benzene rings is 1. The van der Waals surface area contributed by atoms with Crippen molar-refractivity contribution >= 4 is 16.8 Å². The molecule has 0 aliphatic carbocycles. The lowest BCUT2D eigenvalue weighted by Gasteiger charge is -2.06. The van der Waals surface area contributed by atoms with Crippen LogP contribution >= 0.6 is 0 Å². The van der Waals surface area contributed by atoms with Crippen molar-refractivity contribution in [2.45, 2.75) is 32.7 Å². The third-order valence-corrected chi connectivity index (χ3v) is 4.15. The third kappa shape index (κ3) is 2.02. The zero-order chi connectivity index (χ0) is 14.2. The summed E-state index contributed by atoms with van der Waals surface area (Å²) in [6.45, 7) is 4.02. The second-order valence-electron chi connectivity index (χ2n) is 5.52. The Morgan fingerprint density at radius 2 is 2.19 bits per heavy atom. The molecule has 4 rings (SSSR count). The first-order valence-corrected chi connectivity index (χ1v) is 7.69. The van der Waals surface area contributed by atoms with Crippen LogP contribution in [0.5, 0.6) is 0 Å². The van der Waals surface area contributed by atoms with Crippen molar-refractivity contribution in [2.24, 2.45) is 0 Å².